The number of hydrogen-bond donors (Lipinski definition) is 1. The minimum atomic E-state index is -3.63. The van der Waals surface area contributed by atoms with Gasteiger partial charge in [0.05, 0.1) is 4.90 Å². The van der Waals surface area contributed by atoms with Crippen molar-refractivity contribution in [3.05, 3.63) is 29.6 Å². The molecule has 2 heterocycles. The topological polar surface area (TPSA) is 49.4 Å². The van der Waals surface area contributed by atoms with Crippen LogP contribution < -0.4 is 5.32 Å². The molecule has 0 aliphatic carbocycles. The minimum absolute atomic E-state index is 0.00175. The summed E-state index contributed by atoms with van der Waals surface area (Å²) in [5.41, 5.74) is 0.455. The lowest BCUT2D eigenvalue weighted by Gasteiger charge is -2.34. The number of sulfonamides is 1. The number of piperidine rings is 1. The van der Waals surface area contributed by atoms with Crippen LogP contribution >= 0.6 is 0 Å². The van der Waals surface area contributed by atoms with E-state index in [-0.39, 0.29) is 10.9 Å². The van der Waals surface area contributed by atoms with E-state index in [1.807, 2.05) is 0 Å². The van der Waals surface area contributed by atoms with Gasteiger partial charge >= 0.3 is 0 Å². The van der Waals surface area contributed by atoms with Gasteiger partial charge in [-0.3, -0.25) is 0 Å². The van der Waals surface area contributed by atoms with Gasteiger partial charge in [-0.25, -0.2) is 12.8 Å². The highest BCUT2D eigenvalue weighted by molar-refractivity contribution is 7.89. The predicted molar refractivity (Wildman–Crippen MR) is 79.1 cm³/mol. The van der Waals surface area contributed by atoms with E-state index in [9.17, 15) is 12.8 Å². The third-order valence-electron chi connectivity index (χ3n) is 4.78. The summed E-state index contributed by atoms with van der Waals surface area (Å²) in [6, 6.07) is 4.96. The highest BCUT2D eigenvalue weighted by Crippen LogP contribution is 2.31. The molecular weight excluding hydrogens is 291 g/mol. The lowest BCUT2D eigenvalue weighted by atomic mass is 10.0. The highest BCUT2D eigenvalue weighted by Gasteiger charge is 2.38. The number of aryl methyl sites for hydroxylation is 1. The summed E-state index contributed by atoms with van der Waals surface area (Å²) < 4.78 is 40.4. The highest BCUT2D eigenvalue weighted by atomic mass is 32.2. The molecule has 2 bridgehead atoms. The van der Waals surface area contributed by atoms with Gasteiger partial charge in [0.1, 0.15) is 5.82 Å². The number of benzene rings is 1. The third-order valence-corrected chi connectivity index (χ3v) is 6.69. The number of halogens is 1. The van der Waals surface area contributed by atoms with Gasteiger partial charge in [-0.05, 0) is 50.3 Å². The molecule has 0 radical (unpaired) electrons. The molecule has 0 saturated carbocycles. The summed E-state index contributed by atoms with van der Waals surface area (Å²) in [6.07, 6.45) is 3.91. The zero-order valence-electron chi connectivity index (χ0n) is 12.3. The lowest BCUT2D eigenvalue weighted by Crippen LogP contribution is -2.48. The van der Waals surface area contributed by atoms with Crippen LogP contribution in [0, 0.1) is 12.7 Å². The summed E-state index contributed by atoms with van der Waals surface area (Å²) in [4.78, 5) is 0.0407. The SMILES string of the molecule is Cc1ccc(S(=O)(=O)N(C)C2CC3CCC(C2)N3)cc1F. The molecule has 2 aliphatic rings. The Hall–Kier alpha value is -0.980. The molecule has 0 aromatic heterocycles. The second-order valence-electron chi connectivity index (χ2n) is 6.20. The number of nitrogens with zero attached hydrogens (tertiary/aromatic N) is 1. The van der Waals surface area contributed by atoms with Crippen molar-refractivity contribution in [3.8, 4) is 0 Å². The van der Waals surface area contributed by atoms with Crippen LogP contribution in [0.3, 0.4) is 0 Å². The standard InChI is InChI=1S/C15H21FN2O2S/c1-10-3-6-14(9-15(10)16)21(19,20)18(2)13-7-11-4-5-12(8-13)17-11/h3,6,9,11-13,17H,4-5,7-8H2,1-2H3. The van der Waals surface area contributed by atoms with Gasteiger partial charge in [-0.2, -0.15) is 4.31 Å². The first-order valence-corrected chi connectivity index (χ1v) is 8.82. The van der Waals surface area contributed by atoms with Crippen molar-refractivity contribution in [2.24, 2.45) is 0 Å². The monoisotopic (exact) mass is 312 g/mol. The van der Waals surface area contributed by atoms with Gasteiger partial charge in [0.2, 0.25) is 10.0 Å². The fraction of sp³-hybridized carbons (Fsp3) is 0.600. The van der Waals surface area contributed by atoms with Crippen LogP contribution in [0.15, 0.2) is 23.1 Å². The van der Waals surface area contributed by atoms with Crippen LogP contribution in [0.2, 0.25) is 0 Å². The lowest BCUT2D eigenvalue weighted by molar-refractivity contribution is 0.251. The largest absolute Gasteiger partial charge is 0.311 e. The van der Waals surface area contributed by atoms with E-state index in [1.165, 1.54) is 16.4 Å². The van der Waals surface area contributed by atoms with Gasteiger partial charge in [0.25, 0.3) is 0 Å². The molecule has 2 atom stereocenters. The van der Waals surface area contributed by atoms with Gasteiger partial charge in [-0.1, -0.05) is 6.07 Å². The Morgan fingerprint density at radius 2 is 1.86 bits per heavy atom. The van der Waals surface area contributed by atoms with Crippen molar-refractivity contribution >= 4 is 10.0 Å². The molecule has 3 rings (SSSR count). The van der Waals surface area contributed by atoms with Gasteiger partial charge < -0.3 is 5.32 Å². The molecule has 2 fully saturated rings. The first-order valence-electron chi connectivity index (χ1n) is 7.38. The zero-order chi connectivity index (χ0) is 15.2. The van der Waals surface area contributed by atoms with Crippen molar-refractivity contribution < 1.29 is 12.8 Å². The van der Waals surface area contributed by atoms with Crippen LogP contribution in [0.4, 0.5) is 4.39 Å². The van der Waals surface area contributed by atoms with Gasteiger partial charge in [-0.15, -0.1) is 0 Å². The van der Waals surface area contributed by atoms with Crippen LogP contribution in [0.1, 0.15) is 31.2 Å². The fourth-order valence-electron chi connectivity index (χ4n) is 3.42. The number of nitrogens with one attached hydrogen (secondary N) is 1. The smallest absolute Gasteiger partial charge is 0.243 e. The first kappa shape index (κ1) is 14.9. The first-order chi connectivity index (χ1) is 9.88. The van der Waals surface area contributed by atoms with E-state index in [2.05, 4.69) is 5.32 Å². The summed E-state index contributed by atoms with van der Waals surface area (Å²) in [5.74, 6) is -0.477. The van der Waals surface area contributed by atoms with E-state index >= 15 is 0 Å². The molecule has 1 aromatic carbocycles. The van der Waals surface area contributed by atoms with Crippen molar-refractivity contribution in [1.82, 2.24) is 9.62 Å². The normalized spacial score (nSPS) is 29.0. The van der Waals surface area contributed by atoms with Crippen LogP contribution in [0.5, 0.6) is 0 Å². The molecule has 6 heteroatoms. The van der Waals surface area contributed by atoms with Crippen molar-refractivity contribution in [3.63, 3.8) is 0 Å². The fourth-order valence-corrected chi connectivity index (χ4v) is 4.81. The molecule has 2 unspecified atom stereocenters. The number of rotatable bonds is 3. The molecule has 2 saturated heterocycles. The number of fused-ring (bicyclic) bond motifs is 2. The van der Waals surface area contributed by atoms with E-state index in [4.69, 9.17) is 0 Å². The zero-order valence-corrected chi connectivity index (χ0v) is 13.2. The Morgan fingerprint density at radius 3 is 2.43 bits per heavy atom. The molecule has 1 N–H and O–H groups in total. The quantitative estimate of drug-likeness (QED) is 0.929. The van der Waals surface area contributed by atoms with Gasteiger partial charge in [0, 0.05) is 25.2 Å². The maximum absolute atomic E-state index is 13.7. The second-order valence-corrected chi connectivity index (χ2v) is 8.19. The maximum Gasteiger partial charge on any atom is 0.243 e. The van der Waals surface area contributed by atoms with E-state index in [0.29, 0.717) is 17.6 Å². The van der Waals surface area contributed by atoms with Crippen molar-refractivity contribution in [1.29, 1.82) is 0 Å². The maximum atomic E-state index is 13.7. The molecule has 0 amide bonds. The average molecular weight is 312 g/mol. The van der Waals surface area contributed by atoms with Crippen LogP contribution in [0.25, 0.3) is 0 Å². The summed E-state index contributed by atoms with van der Waals surface area (Å²) >= 11 is 0. The summed E-state index contributed by atoms with van der Waals surface area (Å²) in [5, 5.41) is 3.50. The predicted octanol–water partition coefficient (Wildman–Crippen LogP) is 2.04. The Morgan fingerprint density at radius 1 is 1.24 bits per heavy atom. The molecule has 2 aliphatic heterocycles. The minimum Gasteiger partial charge on any atom is -0.311 e. The van der Waals surface area contributed by atoms with Crippen LogP contribution in [-0.4, -0.2) is 37.9 Å². The molecule has 21 heavy (non-hydrogen) atoms. The van der Waals surface area contributed by atoms with Crippen LogP contribution in [-0.2, 0) is 10.0 Å². The molecule has 116 valence electrons. The molecule has 1 aromatic rings. The third kappa shape index (κ3) is 2.72. The Labute approximate surface area is 125 Å². The average Bonchev–Trinajstić information content (AvgIpc) is 2.79. The molecule has 0 spiro atoms. The van der Waals surface area contributed by atoms with E-state index in [0.717, 1.165) is 31.7 Å². The van der Waals surface area contributed by atoms with E-state index < -0.39 is 15.8 Å². The van der Waals surface area contributed by atoms with Crippen molar-refractivity contribution in [2.75, 3.05) is 7.05 Å². The molecule has 4 nitrogen and oxygen atoms in total. The van der Waals surface area contributed by atoms with E-state index in [1.54, 1.807) is 14.0 Å². The Bertz CT molecular complexity index is 635. The Kier molecular flexibility index (Phi) is 3.80. The van der Waals surface area contributed by atoms with Crippen molar-refractivity contribution in [2.45, 2.75) is 55.6 Å². The summed E-state index contributed by atoms with van der Waals surface area (Å²) in [7, 11) is -2.02. The van der Waals surface area contributed by atoms with Gasteiger partial charge in [0.15, 0.2) is 0 Å². The molecular formula is C15H21FN2O2S. The second kappa shape index (κ2) is 5.34. The summed E-state index contributed by atoms with van der Waals surface area (Å²) in [6.45, 7) is 1.62. The Balaban J connectivity index is 1.85. The number of hydrogen-bond acceptors (Lipinski definition) is 3.